The Hall–Kier alpha value is -2.37. The summed E-state index contributed by atoms with van der Waals surface area (Å²) in [6.07, 6.45) is -0.469. The van der Waals surface area contributed by atoms with E-state index in [1.54, 1.807) is 5.38 Å². The summed E-state index contributed by atoms with van der Waals surface area (Å²) in [5, 5.41) is 10.5. The number of carbonyl (C=O) groups excluding carboxylic acids is 2. The van der Waals surface area contributed by atoms with Crippen LogP contribution in [0.25, 0.3) is 21.4 Å². The molecule has 11 heteroatoms. The fourth-order valence-electron chi connectivity index (χ4n) is 2.47. The summed E-state index contributed by atoms with van der Waals surface area (Å²) < 4.78 is 5.38. The van der Waals surface area contributed by atoms with E-state index in [-0.39, 0.29) is 17.7 Å². The summed E-state index contributed by atoms with van der Waals surface area (Å²) in [5.41, 5.74) is 6.33. The van der Waals surface area contributed by atoms with Crippen LogP contribution in [0.3, 0.4) is 0 Å². The third-order valence-electron chi connectivity index (χ3n) is 3.83. The van der Waals surface area contributed by atoms with Gasteiger partial charge in [0, 0.05) is 16.1 Å². The second-order valence-corrected chi connectivity index (χ2v) is 10.5. The van der Waals surface area contributed by atoms with Crippen LogP contribution in [-0.4, -0.2) is 32.6 Å². The molecular weight excluding hydrogens is 442 g/mol. The normalized spacial score (nSPS) is 12.7. The zero-order valence-electron chi connectivity index (χ0n) is 17.3. The molecule has 0 saturated carbocycles. The van der Waals surface area contributed by atoms with Gasteiger partial charge in [0.25, 0.3) is 5.91 Å². The molecule has 3 aromatic heterocycles. The molecule has 1 atom stereocenters. The van der Waals surface area contributed by atoms with Gasteiger partial charge in [-0.15, -0.1) is 34.0 Å². The molecule has 0 aliphatic carbocycles. The summed E-state index contributed by atoms with van der Waals surface area (Å²) in [7, 11) is 0. The average Bonchev–Trinajstić information content (AvgIpc) is 3.36. The maximum atomic E-state index is 12.2. The Morgan fingerprint density at radius 3 is 2.20 bits per heavy atom. The number of aromatic nitrogens is 3. The van der Waals surface area contributed by atoms with Crippen molar-refractivity contribution in [3.63, 3.8) is 0 Å². The van der Waals surface area contributed by atoms with E-state index in [0.717, 1.165) is 15.7 Å². The van der Waals surface area contributed by atoms with Gasteiger partial charge >= 0.3 is 6.09 Å². The fourth-order valence-corrected chi connectivity index (χ4v) is 5.18. The Morgan fingerprint density at radius 1 is 1.00 bits per heavy atom. The first-order valence-electron chi connectivity index (χ1n) is 9.20. The van der Waals surface area contributed by atoms with Crippen molar-refractivity contribution < 1.29 is 14.3 Å². The lowest BCUT2D eigenvalue weighted by Crippen LogP contribution is -2.36. The SMILES string of the molecule is CC(C)[C@@H](NC(=O)OC(C)(C)C)c1nc(-c2nc(-c3nc(C(N)=O)cs3)cs2)cs1. The molecule has 0 aliphatic rings. The van der Waals surface area contributed by atoms with E-state index in [1.165, 1.54) is 34.0 Å². The van der Waals surface area contributed by atoms with E-state index in [4.69, 9.17) is 15.5 Å². The first kappa shape index (κ1) is 22.3. The Kier molecular flexibility index (Phi) is 6.53. The minimum absolute atomic E-state index is 0.130. The molecule has 0 aliphatic heterocycles. The molecule has 0 fully saturated rings. The Bertz CT molecular complexity index is 1050. The molecule has 3 N–H and O–H groups in total. The van der Waals surface area contributed by atoms with Crippen molar-refractivity contribution in [2.45, 2.75) is 46.3 Å². The van der Waals surface area contributed by atoms with E-state index in [0.29, 0.717) is 10.7 Å². The van der Waals surface area contributed by atoms with E-state index in [1.807, 2.05) is 45.4 Å². The van der Waals surface area contributed by atoms with Gasteiger partial charge in [0.2, 0.25) is 0 Å². The minimum Gasteiger partial charge on any atom is -0.444 e. The van der Waals surface area contributed by atoms with Gasteiger partial charge in [-0.1, -0.05) is 13.8 Å². The third kappa shape index (κ3) is 5.41. The van der Waals surface area contributed by atoms with Crippen LogP contribution < -0.4 is 11.1 Å². The van der Waals surface area contributed by atoms with E-state index in [2.05, 4.69) is 15.3 Å². The monoisotopic (exact) mass is 465 g/mol. The Balaban J connectivity index is 1.78. The van der Waals surface area contributed by atoms with Crippen molar-refractivity contribution in [3.05, 3.63) is 26.8 Å². The smallest absolute Gasteiger partial charge is 0.408 e. The molecular formula is C19H23N5O3S3. The van der Waals surface area contributed by atoms with Gasteiger partial charge in [-0.2, -0.15) is 0 Å². The molecule has 2 amide bonds. The second-order valence-electron chi connectivity index (χ2n) is 7.88. The van der Waals surface area contributed by atoms with Crippen LogP contribution >= 0.6 is 34.0 Å². The van der Waals surface area contributed by atoms with Gasteiger partial charge in [0.1, 0.15) is 37.7 Å². The number of alkyl carbamates (subject to hydrolysis) is 1. The van der Waals surface area contributed by atoms with Crippen LogP contribution in [-0.2, 0) is 4.74 Å². The summed E-state index contributed by atoms with van der Waals surface area (Å²) in [5.74, 6) is -0.430. The van der Waals surface area contributed by atoms with Crippen LogP contribution in [0.1, 0.15) is 56.2 Å². The Labute approximate surface area is 186 Å². The van der Waals surface area contributed by atoms with Crippen molar-refractivity contribution in [1.82, 2.24) is 20.3 Å². The molecule has 0 spiro atoms. The van der Waals surface area contributed by atoms with E-state index < -0.39 is 17.6 Å². The molecule has 160 valence electrons. The number of carbonyl (C=O) groups is 2. The minimum atomic E-state index is -0.568. The fraction of sp³-hybridized carbons (Fsp3) is 0.421. The van der Waals surface area contributed by atoms with Gasteiger partial charge in [-0.25, -0.2) is 19.7 Å². The van der Waals surface area contributed by atoms with Gasteiger partial charge in [-0.3, -0.25) is 4.79 Å². The third-order valence-corrected chi connectivity index (χ3v) is 6.48. The van der Waals surface area contributed by atoms with Crippen molar-refractivity contribution in [3.8, 4) is 21.4 Å². The molecule has 0 bridgehead atoms. The van der Waals surface area contributed by atoms with E-state index in [9.17, 15) is 9.59 Å². The number of primary amides is 1. The van der Waals surface area contributed by atoms with Gasteiger partial charge in [0.05, 0.1) is 6.04 Å². The standard InChI is InChI=1S/C19H23N5O3S3/c1-9(2)13(24-18(26)27-19(3,4)5)17-23-12(8-30-17)16-22-11(7-29-16)15-21-10(6-28-15)14(20)25/h6-9,13H,1-5H3,(H2,20,25)(H,24,26)/t13-/m1/s1. The first-order valence-corrected chi connectivity index (χ1v) is 11.8. The molecule has 30 heavy (non-hydrogen) atoms. The number of rotatable bonds is 6. The van der Waals surface area contributed by atoms with Crippen LogP contribution in [0.15, 0.2) is 16.1 Å². The highest BCUT2D eigenvalue weighted by Gasteiger charge is 2.25. The van der Waals surface area contributed by atoms with E-state index >= 15 is 0 Å². The largest absolute Gasteiger partial charge is 0.444 e. The number of nitrogens with two attached hydrogens (primary N) is 1. The van der Waals surface area contributed by atoms with Crippen molar-refractivity contribution in [2.75, 3.05) is 0 Å². The average molecular weight is 466 g/mol. The lowest BCUT2D eigenvalue weighted by molar-refractivity contribution is 0.0489. The Morgan fingerprint density at radius 2 is 1.60 bits per heavy atom. The number of hydrogen-bond donors (Lipinski definition) is 2. The quantitative estimate of drug-likeness (QED) is 0.544. The predicted molar refractivity (Wildman–Crippen MR) is 120 cm³/mol. The number of nitrogens with one attached hydrogen (secondary N) is 1. The number of nitrogens with zero attached hydrogens (tertiary/aromatic N) is 3. The molecule has 8 nitrogen and oxygen atoms in total. The number of hydrogen-bond acceptors (Lipinski definition) is 9. The van der Waals surface area contributed by atoms with Crippen molar-refractivity contribution >= 4 is 46.0 Å². The second kappa shape index (κ2) is 8.78. The maximum Gasteiger partial charge on any atom is 0.408 e. The maximum absolute atomic E-state index is 12.2. The summed E-state index contributed by atoms with van der Waals surface area (Å²) in [6, 6.07) is -0.268. The van der Waals surface area contributed by atoms with Crippen molar-refractivity contribution in [1.29, 1.82) is 0 Å². The van der Waals surface area contributed by atoms with Crippen molar-refractivity contribution in [2.24, 2.45) is 11.7 Å². The first-order chi connectivity index (χ1) is 14.0. The molecule has 3 rings (SSSR count). The highest BCUT2D eigenvalue weighted by Crippen LogP contribution is 2.33. The topological polar surface area (TPSA) is 120 Å². The molecule has 0 saturated heterocycles. The number of amides is 2. The summed E-state index contributed by atoms with van der Waals surface area (Å²) in [6.45, 7) is 9.51. The lowest BCUT2D eigenvalue weighted by atomic mass is 10.1. The van der Waals surface area contributed by atoms with Crippen LogP contribution in [0.4, 0.5) is 4.79 Å². The molecule has 0 aromatic carbocycles. The lowest BCUT2D eigenvalue weighted by Gasteiger charge is -2.24. The zero-order chi connectivity index (χ0) is 22.1. The molecule has 0 unspecified atom stereocenters. The summed E-state index contributed by atoms with van der Waals surface area (Å²) in [4.78, 5) is 37.0. The van der Waals surface area contributed by atoms with Crippen LogP contribution in [0, 0.1) is 5.92 Å². The molecule has 0 radical (unpaired) electrons. The van der Waals surface area contributed by atoms with Crippen LogP contribution in [0.2, 0.25) is 0 Å². The highest BCUT2D eigenvalue weighted by molar-refractivity contribution is 7.16. The van der Waals surface area contributed by atoms with Gasteiger partial charge in [-0.05, 0) is 26.7 Å². The zero-order valence-corrected chi connectivity index (χ0v) is 19.7. The summed E-state index contributed by atoms with van der Waals surface area (Å²) >= 11 is 4.22. The predicted octanol–water partition coefficient (Wildman–Crippen LogP) is 4.71. The number of ether oxygens (including phenoxy) is 1. The molecule has 3 heterocycles. The van der Waals surface area contributed by atoms with Crippen LogP contribution in [0.5, 0.6) is 0 Å². The highest BCUT2D eigenvalue weighted by atomic mass is 32.1. The molecule has 3 aromatic rings. The number of thiazole rings is 3. The van der Waals surface area contributed by atoms with Gasteiger partial charge < -0.3 is 15.8 Å². The van der Waals surface area contributed by atoms with Gasteiger partial charge in [0.15, 0.2) is 0 Å².